The number of rotatable bonds is 4. The van der Waals surface area contributed by atoms with Crippen LogP contribution in [0.15, 0.2) is 0 Å². The molecule has 18 heavy (non-hydrogen) atoms. The molecule has 0 bridgehead atoms. The second kappa shape index (κ2) is 5.69. The third-order valence-electron chi connectivity index (χ3n) is 3.94. The molecule has 0 spiro atoms. The molecular formula is C13H22NO4-. The van der Waals surface area contributed by atoms with E-state index in [2.05, 4.69) is 0 Å². The van der Waals surface area contributed by atoms with Crippen LogP contribution in [0.2, 0.25) is 0 Å². The highest BCUT2D eigenvalue weighted by Crippen LogP contribution is 2.28. The molecule has 0 aliphatic carbocycles. The number of carbonyl (C=O) groups is 2. The zero-order valence-electron chi connectivity index (χ0n) is 11.3. The van der Waals surface area contributed by atoms with Gasteiger partial charge in [0.05, 0.1) is 12.0 Å². The Kier molecular flexibility index (Phi) is 4.73. The maximum atomic E-state index is 12.2. The summed E-state index contributed by atoms with van der Waals surface area (Å²) in [6.45, 7) is 5.87. The van der Waals surface area contributed by atoms with Gasteiger partial charge in [-0.1, -0.05) is 20.8 Å². The lowest BCUT2D eigenvalue weighted by Crippen LogP contribution is -2.57. The van der Waals surface area contributed by atoms with Crippen LogP contribution < -0.4 is 5.11 Å². The van der Waals surface area contributed by atoms with E-state index >= 15 is 0 Å². The quantitative estimate of drug-likeness (QED) is 0.762. The van der Waals surface area contributed by atoms with Crippen LogP contribution >= 0.6 is 0 Å². The molecule has 1 amide bonds. The van der Waals surface area contributed by atoms with Crippen molar-refractivity contribution in [1.82, 2.24) is 4.90 Å². The Morgan fingerprint density at radius 1 is 1.44 bits per heavy atom. The van der Waals surface area contributed by atoms with Gasteiger partial charge in [0.2, 0.25) is 0 Å². The van der Waals surface area contributed by atoms with Crippen molar-refractivity contribution >= 4 is 11.9 Å². The number of amides is 1. The molecule has 1 aliphatic heterocycles. The lowest BCUT2D eigenvalue weighted by molar-refractivity contribution is -0.312. The van der Waals surface area contributed by atoms with Crippen molar-refractivity contribution in [2.24, 2.45) is 5.41 Å². The highest BCUT2D eigenvalue weighted by Gasteiger charge is 2.38. The molecule has 0 aromatic carbocycles. The van der Waals surface area contributed by atoms with Crippen LogP contribution in [0.1, 0.15) is 46.5 Å². The molecule has 5 heteroatoms. The van der Waals surface area contributed by atoms with Crippen LogP contribution in [-0.4, -0.2) is 40.6 Å². The van der Waals surface area contributed by atoms with Gasteiger partial charge in [0, 0.05) is 6.54 Å². The highest BCUT2D eigenvalue weighted by atomic mass is 16.4. The Morgan fingerprint density at radius 2 is 2.06 bits per heavy atom. The van der Waals surface area contributed by atoms with E-state index in [-0.39, 0.29) is 0 Å². The molecule has 1 rings (SSSR count). The second-order valence-electron chi connectivity index (χ2n) is 5.61. The third kappa shape index (κ3) is 3.02. The molecule has 104 valence electrons. The molecule has 0 aromatic rings. The van der Waals surface area contributed by atoms with E-state index in [1.165, 1.54) is 4.90 Å². The topological polar surface area (TPSA) is 80.7 Å². The van der Waals surface area contributed by atoms with Gasteiger partial charge in [-0.05, 0) is 31.1 Å². The van der Waals surface area contributed by atoms with Crippen LogP contribution in [-0.2, 0) is 9.59 Å². The fraction of sp³-hybridized carbons (Fsp3) is 0.846. The highest BCUT2D eigenvalue weighted by molar-refractivity contribution is 5.86. The summed E-state index contributed by atoms with van der Waals surface area (Å²) in [7, 11) is 0. The van der Waals surface area contributed by atoms with Crippen LogP contribution in [0.5, 0.6) is 0 Å². The van der Waals surface area contributed by atoms with Crippen molar-refractivity contribution in [3.05, 3.63) is 0 Å². The number of nitrogens with zero attached hydrogens (tertiary/aromatic N) is 1. The Labute approximate surface area is 108 Å². The van der Waals surface area contributed by atoms with Crippen molar-refractivity contribution in [2.45, 2.75) is 58.6 Å². The van der Waals surface area contributed by atoms with E-state index in [4.69, 9.17) is 0 Å². The van der Waals surface area contributed by atoms with Gasteiger partial charge in [0.25, 0.3) is 5.91 Å². The standard InChI is InChI=1S/C13H23NO4/c1-4-13(2,3)10(15)11(16)14-8-6-5-7-9(14)12(17)18/h9-10,15H,4-8H2,1-3H3,(H,17,18)/p-1. The molecule has 1 saturated heterocycles. The van der Waals surface area contributed by atoms with Crippen molar-refractivity contribution in [3.63, 3.8) is 0 Å². The number of aliphatic hydroxyl groups excluding tert-OH is 1. The number of piperidine rings is 1. The van der Waals surface area contributed by atoms with Crippen LogP contribution in [0.4, 0.5) is 0 Å². The maximum absolute atomic E-state index is 12.2. The molecule has 0 radical (unpaired) electrons. The van der Waals surface area contributed by atoms with Gasteiger partial charge in [-0.2, -0.15) is 0 Å². The molecule has 0 saturated carbocycles. The van der Waals surface area contributed by atoms with E-state index in [0.717, 1.165) is 12.8 Å². The average Bonchev–Trinajstić information content (AvgIpc) is 2.36. The molecule has 0 aromatic heterocycles. The zero-order valence-corrected chi connectivity index (χ0v) is 11.3. The van der Waals surface area contributed by atoms with Crippen molar-refractivity contribution < 1.29 is 19.8 Å². The van der Waals surface area contributed by atoms with Crippen molar-refractivity contribution in [3.8, 4) is 0 Å². The SMILES string of the molecule is CCC(C)(C)C(O)C(=O)N1CCCCC1C(=O)[O-]. The number of hydrogen-bond donors (Lipinski definition) is 1. The van der Waals surface area contributed by atoms with Gasteiger partial charge in [-0.25, -0.2) is 0 Å². The average molecular weight is 256 g/mol. The van der Waals surface area contributed by atoms with E-state index in [0.29, 0.717) is 19.4 Å². The molecular weight excluding hydrogens is 234 g/mol. The molecule has 2 atom stereocenters. The van der Waals surface area contributed by atoms with E-state index in [9.17, 15) is 19.8 Å². The van der Waals surface area contributed by atoms with Gasteiger partial charge in [0.15, 0.2) is 0 Å². The van der Waals surface area contributed by atoms with Crippen molar-refractivity contribution in [1.29, 1.82) is 0 Å². The lowest BCUT2D eigenvalue weighted by atomic mass is 9.82. The van der Waals surface area contributed by atoms with Gasteiger partial charge >= 0.3 is 0 Å². The second-order valence-corrected chi connectivity index (χ2v) is 5.61. The number of aliphatic hydroxyl groups is 1. The molecule has 1 N–H and O–H groups in total. The summed E-state index contributed by atoms with van der Waals surface area (Å²) >= 11 is 0. The van der Waals surface area contributed by atoms with E-state index in [1.807, 2.05) is 6.92 Å². The molecule has 1 aliphatic rings. The number of hydrogen-bond acceptors (Lipinski definition) is 4. The summed E-state index contributed by atoms with van der Waals surface area (Å²) in [5, 5.41) is 21.1. The molecule has 5 nitrogen and oxygen atoms in total. The van der Waals surface area contributed by atoms with Gasteiger partial charge in [-0.15, -0.1) is 0 Å². The predicted molar refractivity (Wildman–Crippen MR) is 64.4 cm³/mol. The van der Waals surface area contributed by atoms with Crippen LogP contribution in [0.25, 0.3) is 0 Å². The zero-order chi connectivity index (χ0) is 13.9. The minimum absolute atomic E-state index is 0.383. The summed E-state index contributed by atoms with van der Waals surface area (Å²) < 4.78 is 0. The summed E-state index contributed by atoms with van der Waals surface area (Å²) in [5.41, 5.74) is -0.551. The Hall–Kier alpha value is -1.10. The van der Waals surface area contributed by atoms with Gasteiger partial charge in [0.1, 0.15) is 6.10 Å². The number of carboxylic acid groups (broad SMARTS) is 1. The van der Waals surface area contributed by atoms with Gasteiger partial charge < -0.3 is 19.9 Å². The summed E-state index contributed by atoms with van der Waals surface area (Å²) in [4.78, 5) is 24.5. The number of carboxylic acids is 1. The summed E-state index contributed by atoms with van der Waals surface area (Å²) in [6, 6.07) is -0.895. The molecule has 1 fully saturated rings. The van der Waals surface area contributed by atoms with E-state index in [1.54, 1.807) is 13.8 Å². The monoisotopic (exact) mass is 256 g/mol. The Bertz CT molecular complexity index is 327. The number of carbonyl (C=O) groups excluding carboxylic acids is 2. The first-order valence-corrected chi connectivity index (χ1v) is 6.50. The van der Waals surface area contributed by atoms with Crippen LogP contribution in [0.3, 0.4) is 0 Å². The van der Waals surface area contributed by atoms with Crippen LogP contribution in [0, 0.1) is 5.41 Å². The first-order valence-electron chi connectivity index (χ1n) is 6.50. The molecule has 2 unspecified atom stereocenters. The van der Waals surface area contributed by atoms with Gasteiger partial charge in [-0.3, -0.25) is 4.79 Å². The normalized spacial score (nSPS) is 22.7. The number of likely N-dealkylation sites (tertiary alicyclic amines) is 1. The minimum Gasteiger partial charge on any atom is -0.548 e. The number of aliphatic carboxylic acids is 1. The summed E-state index contributed by atoms with van der Waals surface area (Å²) in [6.07, 6.45) is 1.43. The van der Waals surface area contributed by atoms with E-state index < -0.39 is 29.4 Å². The summed E-state index contributed by atoms with van der Waals surface area (Å²) in [5.74, 6) is -1.72. The predicted octanol–water partition coefficient (Wildman–Crippen LogP) is -0.0855. The smallest absolute Gasteiger partial charge is 0.252 e. The lowest BCUT2D eigenvalue weighted by Gasteiger charge is -2.40. The Morgan fingerprint density at radius 3 is 2.56 bits per heavy atom. The van der Waals surface area contributed by atoms with Crippen molar-refractivity contribution in [2.75, 3.05) is 6.54 Å². The fourth-order valence-electron chi connectivity index (χ4n) is 2.13. The fourth-order valence-corrected chi connectivity index (χ4v) is 2.13. The maximum Gasteiger partial charge on any atom is 0.252 e. The third-order valence-corrected chi connectivity index (χ3v) is 3.94. The largest absolute Gasteiger partial charge is 0.548 e. The first-order chi connectivity index (χ1) is 8.31. The minimum atomic E-state index is -1.23. The molecule has 1 heterocycles. The Balaban J connectivity index is 2.84. The first kappa shape index (κ1) is 15.0.